The summed E-state index contributed by atoms with van der Waals surface area (Å²) >= 11 is 0. The molecule has 0 radical (unpaired) electrons. The highest BCUT2D eigenvalue weighted by Crippen LogP contribution is 2.34. The Hall–Kier alpha value is -3.98. The van der Waals surface area contributed by atoms with Gasteiger partial charge in [-0.3, -0.25) is 9.48 Å². The Morgan fingerprint density at radius 3 is 2.69 bits per heavy atom. The van der Waals surface area contributed by atoms with Gasteiger partial charge in [-0.2, -0.15) is 5.10 Å². The summed E-state index contributed by atoms with van der Waals surface area (Å²) in [4.78, 5) is 23.2. The molecule has 9 nitrogen and oxygen atoms in total. The van der Waals surface area contributed by atoms with Gasteiger partial charge in [-0.25, -0.2) is 9.97 Å². The fourth-order valence-electron chi connectivity index (χ4n) is 4.11. The van der Waals surface area contributed by atoms with E-state index in [0.717, 1.165) is 52.9 Å². The lowest BCUT2D eigenvalue weighted by Gasteiger charge is -2.17. The lowest BCUT2D eigenvalue weighted by atomic mass is 10.1. The molecule has 2 aromatic carbocycles. The van der Waals surface area contributed by atoms with Crippen LogP contribution in [0.5, 0.6) is 5.75 Å². The maximum Gasteiger partial charge on any atom is 0.227 e. The molecular formula is C26H31N7O2. The molecule has 0 unspecified atom stereocenters. The number of hydrogen-bond acceptors (Lipinski definition) is 7. The van der Waals surface area contributed by atoms with Crippen molar-refractivity contribution in [3.8, 4) is 17.1 Å². The number of benzene rings is 2. The third-order valence-electron chi connectivity index (χ3n) is 5.67. The number of ether oxygens (including phenoxy) is 1. The van der Waals surface area contributed by atoms with E-state index in [9.17, 15) is 4.79 Å². The van der Waals surface area contributed by atoms with Gasteiger partial charge in [-0.05, 0) is 63.3 Å². The van der Waals surface area contributed by atoms with E-state index in [1.165, 1.54) is 6.92 Å². The Bertz CT molecular complexity index is 1350. The van der Waals surface area contributed by atoms with Crippen LogP contribution >= 0.6 is 0 Å². The molecule has 0 aliphatic carbocycles. The second kappa shape index (κ2) is 10.5. The minimum atomic E-state index is -0.128. The average molecular weight is 474 g/mol. The molecule has 0 saturated carbocycles. The van der Waals surface area contributed by atoms with Crippen LogP contribution in [-0.2, 0) is 18.3 Å². The number of carbonyl (C=O) groups is 1. The largest absolute Gasteiger partial charge is 0.495 e. The van der Waals surface area contributed by atoms with Crippen LogP contribution in [0.3, 0.4) is 0 Å². The zero-order valence-corrected chi connectivity index (χ0v) is 20.8. The third kappa shape index (κ3) is 5.58. The molecule has 0 aliphatic heterocycles. The van der Waals surface area contributed by atoms with Gasteiger partial charge >= 0.3 is 0 Å². The average Bonchev–Trinajstić information content (AvgIpc) is 3.15. The Labute approximate surface area is 205 Å². The number of anilines is 3. The standard InChI is InChI=1S/C26H31N7O2/c1-17(34)28-22-16-23(24(35-5)15-18(22)9-8-14-32(2)3)30-26-27-13-12-21(29-26)25-19-10-6-7-11-20(19)31-33(25)4/h6-7,10-13,15-16H,8-9,14H2,1-5H3,(H,28,34)(H,27,29,30). The molecule has 9 heteroatoms. The predicted molar refractivity (Wildman–Crippen MR) is 139 cm³/mol. The van der Waals surface area contributed by atoms with Gasteiger partial charge in [0.25, 0.3) is 0 Å². The molecule has 0 spiro atoms. The number of amides is 1. The smallest absolute Gasteiger partial charge is 0.227 e. The molecule has 2 heterocycles. The van der Waals surface area contributed by atoms with Gasteiger partial charge < -0.3 is 20.3 Å². The van der Waals surface area contributed by atoms with Crippen LogP contribution in [0.15, 0.2) is 48.7 Å². The molecule has 182 valence electrons. The second-order valence-electron chi connectivity index (χ2n) is 8.68. The Kier molecular flexibility index (Phi) is 7.26. The molecular weight excluding hydrogens is 442 g/mol. The molecule has 2 aromatic heterocycles. The number of hydrogen-bond donors (Lipinski definition) is 2. The quantitative estimate of drug-likeness (QED) is 0.375. The summed E-state index contributed by atoms with van der Waals surface area (Å²) in [5, 5.41) is 11.8. The summed E-state index contributed by atoms with van der Waals surface area (Å²) in [5.41, 5.74) is 4.99. The third-order valence-corrected chi connectivity index (χ3v) is 5.67. The van der Waals surface area contributed by atoms with Gasteiger partial charge in [0.1, 0.15) is 5.75 Å². The number of fused-ring (bicyclic) bond motifs is 1. The minimum Gasteiger partial charge on any atom is -0.495 e. The van der Waals surface area contributed by atoms with Crippen molar-refractivity contribution in [2.45, 2.75) is 19.8 Å². The van der Waals surface area contributed by atoms with Crippen LogP contribution in [0.4, 0.5) is 17.3 Å². The first-order chi connectivity index (χ1) is 16.9. The lowest BCUT2D eigenvalue weighted by Crippen LogP contribution is -2.14. The highest BCUT2D eigenvalue weighted by molar-refractivity contribution is 5.93. The maximum absolute atomic E-state index is 11.9. The number of aryl methyl sites for hydroxylation is 2. The molecule has 0 atom stereocenters. The lowest BCUT2D eigenvalue weighted by molar-refractivity contribution is -0.114. The van der Waals surface area contributed by atoms with Crippen LogP contribution in [0.2, 0.25) is 0 Å². The molecule has 4 rings (SSSR count). The molecule has 2 N–H and O–H groups in total. The first-order valence-corrected chi connectivity index (χ1v) is 11.5. The van der Waals surface area contributed by atoms with Crippen molar-refractivity contribution in [1.82, 2.24) is 24.6 Å². The van der Waals surface area contributed by atoms with E-state index in [4.69, 9.17) is 9.72 Å². The fraction of sp³-hybridized carbons (Fsp3) is 0.308. The maximum atomic E-state index is 11.9. The number of rotatable bonds is 9. The van der Waals surface area contributed by atoms with E-state index >= 15 is 0 Å². The van der Waals surface area contributed by atoms with Gasteiger partial charge in [0.2, 0.25) is 11.9 Å². The number of nitrogens with one attached hydrogen (secondary N) is 2. The first kappa shape index (κ1) is 24.2. The molecule has 0 saturated heterocycles. The summed E-state index contributed by atoms with van der Waals surface area (Å²) in [6.07, 6.45) is 3.48. The molecule has 35 heavy (non-hydrogen) atoms. The molecule has 0 aliphatic rings. The van der Waals surface area contributed by atoms with E-state index in [-0.39, 0.29) is 5.91 Å². The molecule has 0 fully saturated rings. The van der Waals surface area contributed by atoms with Gasteiger partial charge in [0, 0.05) is 31.2 Å². The van der Waals surface area contributed by atoms with E-state index in [1.54, 1.807) is 13.3 Å². The SMILES string of the molecule is COc1cc(CCCN(C)C)c(NC(C)=O)cc1Nc1nccc(-c2c3ccccc3nn2C)n1. The Morgan fingerprint density at radius 1 is 1.14 bits per heavy atom. The van der Waals surface area contributed by atoms with Crippen molar-refractivity contribution in [3.05, 3.63) is 54.2 Å². The van der Waals surface area contributed by atoms with Crippen molar-refractivity contribution in [3.63, 3.8) is 0 Å². The van der Waals surface area contributed by atoms with Crippen LogP contribution in [-0.4, -0.2) is 58.3 Å². The van der Waals surface area contributed by atoms with Gasteiger partial charge in [-0.15, -0.1) is 0 Å². The normalized spacial score (nSPS) is 11.1. The highest BCUT2D eigenvalue weighted by Gasteiger charge is 2.16. The minimum absolute atomic E-state index is 0.128. The zero-order chi connectivity index (χ0) is 24.9. The number of carbonyl (C=O) groups excluding carboxylic acids is 1. The van der Waals surface area contributed by atoms with Gasteiger partial charge in [0.05, 0.1) is 29.7 Å². The van der Waals surface area contributed by atoms with Crippen molar-refractivity contribution < 1.29 is 9.53 Å². The van der Waals surface area contributed by atoms with Crippen molar-refractivity contribution in [1.29, 1.82) is 0 Å². The highest BCUT2D eigenvalue weighted by atomic mass is 16.5. The zero-order valence-electron chi connectivity index (χ0n) is 20.8. The Morgan fingerprint density at radius 2 is 1.94 bits per heavy atom. The van der Waals surface area contributed by atoms with E-state index < -0.39 is 0 Å². The van der Waals surface area contributed by atoms with E-state index in [0.29, 0.717) is 17.4 Å². The van der Waals surface area contributed by atoms with Gasteiger partial charge in [0.15, 0.2) is 0 Å². The van der Waals surface area contributed by atoms with Crippen LogP contribution in [0.25, 0.3) is 22.3 Å². The fourth-order valence-corrected chi connectivity index (χ4v) is 4.11. The van der Waals surface area contributed by atoms with Crippen molar-refractivity contribution in [2.24, 2.45) is 7.05 Å². The van der Waals surface area contributed by atoms with Crippen LogP contribution in [0.1, 0.15) is 18.9 Å². The van der Waals surface area contributed by atoms with Crippen molar-refractivity contribution >= 4 is 34.1 Å². The van der Waals surface area contributed by atoms with E-state index in [1.807, 2.05) is 68.3 Å². The number of aromatic nitrogens is 4. The summed E-state index contributed by atoms with van der Waals surface area (Å²) in [5.74, 6) is 0.940. The van der Waals surface area contributed by atoms with Crippen LogP contribution in [0, 0.1) is 0 Å². The van der Waals surface area contributed by atoms with Crippen molar-refractivity contribution in [2.75, 3.05) is 38.4 Å². The van der Waals surface area contributed by atoms with Gasteiger partial charge in [-0.1, -0.05) is 18.2 Å². The van der Waals surface area contributed by atoms with E-state index in [2.05, 4.69) is 25.6 Å². The second-order valence-corrected chi connectivity index (χ2v) is 8.68. The van der Waals surface area contributed by atoms with Crippen LogP contribution < -0.4 is 15.4 Å². The number of methoxy groups -OCH3 is 1. The summed E-state index contributed by atoms with van der Waals surface area (Å²) in [6.45, 7) is 2.46. The summed E-state index contributed by atoms with van der Waals surface area (Å²) in [6, 6.07) is 13.7. The first-order valence-electron chi connectivity index (χ1n) is 11.5. The Balaban J connectivity index is 1.67. The molecule has 0 bridgehead atoms. The number of nitrogens with zero attached hydrogens (tertiary/aromatic N) is 5. The monoisotopic (exact) mass is 473 g/mol. The molecule has 4 aromatic rings. The summed E-state index contributed by atoms with van der Waals surface area (Å²) < 4.78 is 7.50. The summed E-state index contributed by atoms with van der Waals surface area (Å²) in [7, 11) is 7.62. The predicted octanol–water partition coefficient (Wildman–Crippen LogP) is 4.24. The molecule has 1 amide bonds. The topological polar surface area (TPSA) is 97.2 Å².